The molecule has 208 valence electrons. The molecule has 3 aromatic rings. The smallest absolute Gasteiger partial charge is 0.323 e. The standard InChI is InChI=1S/C33H40FNO4/c1-31(2,3)38-29(36)24(23-34)22-28(30(37)39-32(4,5)6)35-33(25-16-10-7-11-17-25,26-18-12-8-13-19-26)27-20-14-9-15-21-27/h7-21,24,28,35H,22-23H2,1-6H3/t24?,28-/m0/s1. The summed E-state index contributed by atoms with van der Waals surface area (Å²) in [5.74, 6) is -2.42. The Labute approximate surface area is 231 Å². The Balaban J connectivity index is 2.19. The Morgan fingerprint density at radius 1 is 0.667 bits per heavy atom. The lowest BCUT2D eigenvalue weighted by Gasteiger charge is -2.40. The number of hydrogen-bond donors (Lipinski definition) is 1. The molecule has 6 heteroatoms. The van der Waals surface area contributed by atoms with E-state index in [1.165, 1.54) is 0 Å². The van der Waals surface area contributed by atoms with Crippen molar-refractivity contribution in [2.45, 2.75) is 70.7 Å². The topological polar surface area (TPSA) is 64.6 Å². The van der Waals surface area contributed by atoms with Crippen LogP contribution < -0.4 is 5.32 Å². The zero-order valence-corrected chi connectivity index (χ0v) is 23.7. The number of benzene rings is 3. The van der Waals surface area contributed by atoms with Crippen LogP contribution in [0.2, 0.25) is 0 Å². The largest absolute Gasteiger partial charge is 0.460 e. The Morgan fingerprint density at radius 2 is 1.03 bits per heavy atom. The summed E-state index contributed by atoms with van der Waals surface area (Å²) in [5, 5.41) is 3.57. The molecule has 3 rings (SSSR count). The fourth-order valence-electron chi connectivity index (χ4n) is 4.55. The van der Waals surface area contributed by atoms with Gasteiger partial charge in [-0.25, -0.2) is 0 Å². The van der Waals surface area contributed by atoms with Gasteiger partial charge in [0.15, 0.2) is 0 Å². The van der Waals surface area contributed by atoms with Crippen molar-refractivity contribution in [3.8, 4) is 0 Å². The quantitative estimate of drug-likeness (QED) is 0.235. The zero-order valence-electron chi connectivity index (χ0n) is 23.7. The highest BCUT2D eigenvalue weighted by atomic mass is 19.1. The average Bonchev–Trinajstić information content (AvgIpc) is 2.88. The van der Waals surface area contributed by atoms with Gasteiger partial charge in [-0.15, -0.1) is 0 Å². The number of rotatable bonds is 10. The number of esters is 2. The van der Waals surface area contributed by atoms with Crippen LogP contribution in [0.4, 0.5) is 4.39 Å². The van der Waals surface area contributed by atoms with E-state index in [4.69, 9.17) is 9.47 Å². The number of carbonyl (C=O) groups excluding carboxylic acids is 2. The van der Waals surface area contributed by atoms with Gasteiger partial charge in [0.25, 0.3) is 0 Å². The number of nitrogens with one attached hydrogen (secondary N) is 1. The SMILES string of the molecule is CC(C)(C)OC(=O)C(CF)C[C@H](NC(c1ccccc1)(c1ccccc1)c1ccccc1)C(=O)OC(C)(C)C. The Kier molecular flexibility index (Phi) is 9.68. The number of ether oxygens (including phenoxy) is 2. The van der Waals surface area contributed by atoms with Crippen LogP contribution in [-0.4, -0.2) is 35.9 Å². The van der Waals surface area contributed by atoms with E-state index in [-0.39, 0.29) is 6.42 Å². The molecule has 39 heavy (non-hydrogen) atoms. The molecule has 0 amide bonds. The van der Waals surface area contributed by atoms with Gasteiger partial charge in [-0.3, -0.25) is 19.3 Å². The Morgan fingerprint density at radius 3 is 1.36 bits per heavy atom. The number of halogens is 1. The van der Waals surface area contributed by atoms with E-state index in [0.717, 1.165) is 16.7 Å². The number of carbonyl (C=O) groups is 2. The minimum atomic E-state index is -1.16. The molecule has 0 bridgehead atoms. The van der Waals surface area contributed by atoms with Gasteiger partial charge in [0.2, 0.25) is 0 Å². The van der Waals surface area contributed by atoms with E-state index in [1.54, 1.807) is 41.5 Å². The summed E-state index contributed by atoms with van der Waals surface area (Å²) in [7, 11) is 0. The lowest BCUT2D eigenvalue weighted by Crippen LogP contribution is -2.54. The van der Waals surface area contributed by atoms with E-state index in [2.05, 4.69) is 5.32 Å². The van der Waals surface area contributed by atoms with Crippen LogP contribution in [0.5, 0.6) is 0 Å². The normalized spacial score (nSPS) is 13.8. The van der Waals surface area contributed by atoms with Crippen LogP contribution in [0.25, 0.3) is 0 Å². The second kappa shape index (κ2) is 12.6. The van der Waals surface area contributed by atoms with Gasteiger partial charge >= 0.3 is 11.9 Å². The average molecular weight is 534 g/mol. The van der Waals surface area contributed by atoms with Gasteiger partial charge in [0.1, 0.15) is 23.9 Å². The zero-order chi connectivity index (χ0) is 28.7. The minimum absolute atomic E-state index is 0.144. The fraction of sp³-hybridized carbons (Fsp3) is 0.394. The first-order chi connectivity index (χ1) is 18.4. The van der Waals surface area contributed by atoms with Crippen molar-refractivity contribution in [3.05, 3.63) is 108 Å². The Hall–Kier alpha value is -3.51. The highest BCUT2D eigenvalue weighted by molar-refractivity contribution is 5.79. The summed E-state index contributed by atoms with van der Waals surface area (Å²) < 4.78 is 25.7. The molecule has 0 saturated carbocycles. The second-order valence-electron chi connectivity index (χ2n) is 11.7. The summed E-state index contributed by atoms with van der Waals surface area (Å²) in [6.07, 6.45) is -0.144. The third-order valence-electron chi connectivity index (χ3n) is 6.15. The van der Waals surface area contributed by atoms with Gasteiger partial charge in [0.05, 0.1) is 11.5 Å². The van der Waals surface area contributed by atoms with Crippen LogP contribution >= 0.6 is 0 Å². The van der Waals surface area contributed by atoms with Crippen molar-refractivity contribution in [1.29, 1.82) is 0 Å². The molecule has 0 heterocycles. The maximum Gasteiger partial charge on any atom is 0.323 e. The predicted octanol–water partition coefficient (Wildman–Crippen LogP) is 6.60. The monoisotopic (exact) mass is 533 g/mol. The van der Waals surface area contributed by atoms with E-state index >= 15 is 0 Å². The highest BCUT2D eigenvalue weighted by Crippen LogP contribution is 2.38. The molecule has 0 aromatic heterocycles. The molecule has 0 aliphatic rings. The second-order valence-corrected chi connectivity index (χ2v) is 11.7. The first kappa shape index (κ1) is 30.0. The predicted molar refractivity (Wildman–Crippen MR) is 152 cm³/mol. The molecule has 0 aliphatic carbocycles. The van der Waals surface area contributed by atoms with Crippen LogP contribution in [0.3, 0.4) is 0 Å². The van der Waals surface area contributed by atoms with Gasteiger partial charge in [-0.05, 0) is 64.7 Å². The minimum Gasteiger partial charge on any atom is -0.460 e. The van der Waals surface area contributed by atoms with E-state index in [9.17, 15) is 14.0 Å². The van der Waals surface area contributed by atoms with Crippen molar-refractivity contribution >= 4 is 11.9 Å². The molecule has 0 fully saturated rings. The van der Waals surface area contributed by atoms with Crippen LogP contribution in [0.1, 0.15) is 64.7 Å². The van der Waals surface area contributed by atoms with Crippen molar-refractivity contribution < 1.29 is 23.5 Å². The summed E-state index contributed by atoms with van der Waals surface area (Å²) in [6, 6.07) is 28.3. The summed E-state index contributed by atoms with van der Waals surface area (Å²) >= 11 is 0. The van der Waals surface area contributed by atoms with Crippen LogP contribution in [-0.2, 0) is 24.6 Å². The number of hydrogen-bond acceptors (Lipinski definition) is 5. The van der Waals surface area contributed by atoms with Crippen LogP contribution in [0, 0.1) is 5.92 Å². The summed E-state index contributed by atoms with van der Waals surface area (Å²) in [5.41, 5.74) is 0.0461. The molecule has 5 nitrogen and oxygen atoms in total. The van der Waals surface area contributed by atoms with Gasteiger partial charge in [-0.1, -0.05) is 91.0 Å². The molecule has 0 aliphatic heterocycles. The molecule has 0 radical (unpaired) electrons. The molecule has 3 aromatic carbocycles. The van der Waals surface area contributed by atoms with E-state index in [0.29, 0.717) is 0 Å². The number of alkyl halides is 1. The summed E-state index contributed by atoms with van der Waals surface area (Å²) in [6.45, 7) is 9.56. The molecular formula is C33H40FNO4. The lowest BCUT2D eigenvalue weighted by atomic mass is 9.76. The maximum atomic E-state index is 14.4. The molecule has 1 unspecified atom stereocenters. The van der Waals surface area contributed by atoms with E-state index in [1.807, 2.05) is 91.0 Å². The van der Waals surface area contributed by atoms with Gasteiger partial charge in [-0.2, -0.15) is 0 Å². The molecule has 0 saturated heterocycles. The molecule has 1 N–H and O–H groups in total. The van der Waals surface area contributed by atoms with Crippen molar-refractivity contribution in [1.82, 2.24) is 5.32 Å². The summed E-state index contributed by atoms with van der Waals surface area (Å²) in [4.78, 5) is 26.7. The molecular weight excluding hydrogens is 493 g/mol. The van der Waals surface area contributed by atoms with Crippen LogP contribution in [0.15, 0.2) is 91.0 Å². The lowest BCUT2D eigenvalue weighted by molar-refractivity contribution is -0.163. The maximum absolute atomic E-state index is 14.4. The highest BCUT2D eigenvalue weighted by Gasteiger charge is 2.42. The first-order valence-corrected chi connectivity index (χ1v) is 13.3. The third-order valence-corrected chi connectivity index (χ3v) is 6.15. The Bertz CT molecular complexity index is 1100. The molecule has 2 atom stereocenters. The van der Waals surface area contributed by atoms with E-state index < -0.39 is 47.3 Å². The van der Waals surface area contributed by atoms with Crippen molar-refractivity contribution in [2.75, 3.05) is 6.67 Å². The first-order valence-electron chi connectivity index (χ1n) is 13.3. The van der Waals surface area contributed by atoms with Gasteiger partial charge in [0, 0.05) is 0 Å². The van der Waals surface area contributed by atoms with Crippen molar-refractivity contribution in [3.63, 3.8) is 0 Å². The fourth-order valence-corrected chi connectivity index (χ4v) is 4.55. The molecule has 0 spiro atoms. The third kappa shape index (κ3) is 7.99. The van der Waals surface area contributed by atoms with Crippen molar-refractivity contribution in [2.24, 2.45) is 5.92 Å². The van der Waals surface area contributed by atoms with Gasteiger partial charge < -0.3 is 9.47 Å².